The smallest absolute Gasteiger partial charge is 0.320 e. The summed E-state index contributed by atoms with van der Waals surface area (Å²) >= 11 is 0. The fourth-order valence-corrected chi connectivity index (χ4v) is 0.988. The molecule has 4 heteroatoms. The van der Waals surface area contributed by atoms with Gasteiger partial charge in [-0.05, 0) is 11.6 Å². The molecule has 0 saturated heterocycles. The molecule has 0 radical (unpaired) electrons. The lowest BCUT2D eigenvalue weighted by Gasteiger charge is -2.06. The first-order valence-corrected chi connectivity index (χ1v) is 3.83. The van der Waals surface area contributed by atoms with Crippen molar-refractivity contribution < 1.29 is 14.3 Å². The molecule has 1 aromatic carbocycles. The van der Waals surface area contributed by atoms with E-state index in [1.807, 2.05) is 0 Å². The Balaban J connectivity index is 2.74. The van der Waals surface area contributed by atoms with Crippen LogP contribution in [-0.4, -0.2) is 17.1 Å². The van der Waals surface area contributed by atoms with Crippen molar-refractivity contribution in [3.8, 4) is 0 Å². The highest BCUT2D eigenvalue weighted by Gasteiger charge is 2.13. The van der Waals surface area contributed by atoms with Crippen LogP contribution >= 0.6 is 0 Å². The molecule has 1 rings (SSSR count). The number of nitrogens with two attached hydrogens (primary N) is 1. The van der Waals surface area contributed by atoms with Gasteiger partial charge in [-0.2, -0.15) is 0 Å². The van der Waals surface area contributed by atoms with Crippen LogP contribution in [0.2, 0.25) is 0 Å². The Bertz CT molecular complexity index is 314. The second-order valence-electron chi connectivity index (χ2n) is 2.74. The van der Waals surface area contributed by atoms with Crippen LogP contribution in [0.5, 0.6) is 0 Å². The van der Waals surface area contributed by atoms with Gasteiger partial charge in [0.05, 0.1) is 0 Å². The van der Waals surface area contributed by atoms with E-state index in [1.54, 1.807) is 12.1 Å². The fourth-order valence-electron chi connectivity index (χ4n) is 0.988. The molecule has 0 aliphatic carbocycles. The molecule has 0 unspecified atom stereocenters. The van der Waals surface area contributed by atoms with Gasteiger partial charge in [-0.3, -0.25) is 4.79 Å². The van der Waals surface area contributed by atoms with Gasteiger partial charge in [0.2, 0.25) is 0 Å². The number of aliphatic carboxylic acids is 1. The minimum absolute atomic E-state index is 0.0159. The molecule has 0 bridgehead atoms. The van der Waals surface area contributed by atoms with E-state index >= 15 is 0 Å². The average molecular weight is 182 g/mol. The number of benzene rings is 1. The van der Waals surface area contributed by atoms with Gasteiger partial charge in [0, 0.05) is 6.42 Å². The summed E-state index contributed by atoms with van der Waals surface area (Å²) in [5, 5.41) is 8.49. The first-order chi connectivity index (χ1) is 6.11. The number of hydrogen-bond acceptors (Lipinski definition) is 2. The highest BCUT2D eigenvalue weighted by atomic mass is 18.2. The highest BCUT2D eigenvalue weighted by Crippen LogP contribution is 2.08. The van der Waals surface area contributed by atoms with Crippen molar-refractivity contribution in [1.29, 1.82) is 0 Å². The third-order valence-electron chi connectivity index (χ3n) is 1.71. The van der Waals surface area contributed by atoms with Gasteiger partial charge < -0.3 is 10.8 Å². The zero-order valence-corrected chi connectivity index (χ0v) is 6.90. The van der Waals surface area contributed by atoms with Gasteiger partial charge in [0.25, 0.3) is 0 Å². The van der Waals surface area contributed by atoms with Crippen molar-refractivity contribution in [2.24, 2.45) is 5.73 Å². The van der Waals surface area contributed by atoms with Gasteiger partial charge in [0.15, 0.2) is 0 Å². The van der Waals surface area contributed by atoms with Crippen molar-refractivity contribution in [3.63, 3.8) is 0 Å². The maximum atomic E-state index is 13.0. The van der Waals surface area contributed by atoms with Crippen molar-refractivity contribution in [2.45, 2.75) is 12.5 Å². The molecular weight excluding hydrogens is 172 g/mol. The van der Waals surface area contributed by atoms with E-state index in [9.17, 15) is 9.18 Å². The lowest BCUT2D eigenvalue weighted by atomic mass is 10.1. The van der Waals surface area contributed by atoms with Crippen LogP contribution in [0.15, 0.2) is 24.3 Å². The standard InChI is InChI=1S/C9H10FNO2/c10-7-4-2-1-3-6(7)5-8(11)9(12)13/h1-4,8H,5,11H2,(H,12,13)/t8-/m0/s1/i10-1. The third-order valence-corrected chi connectivity index (χ3v) is 1.71. The molecule has 0 saturated carbocycles. The summed E-state index contributed by atoms with van der Waals surface area (Å²) in [5.74, 6) is -1.54. The Hall–Kier alpha value is -1.42. The molecule has 3 N–H and O–H groups in total. The molecule has 0 fully saturated rings. The molecule has 0 aliphatic rings. The van der Waals surface area contributed by atoms with E-state index in [0.717, 1.165) is 0 Å². The summed E-state index contributed by atoms with van der Waals surface area (Å²) < 4.78 is 13.0. The third kappa shape index (κ3) is 2.52. The minimum atomic E-state index is -1.12. The predicted molar refractivity (Wildman–Crippen MR) is 45.7 cm³/mol. The first-order valence-electron chi connectivity index (χ1n) is 3.83. The Kier molecular flexibility index (Phi) is 2.97. The molecule has 0 spiro atoms. The van der Waals surface area contributed by atoms with Crippen LogP contribution in [0, 0.1) is 5.82 Å². The average Bonchev–Trinajstić information content (AvgIpc) is 2.08. The summed E-state index contributed by atoms with van der Waals surface area (Å²) in [4.78, 5) is 10.4. The molecule has 0 amide bonds. The number of carboxylic acids is 1. The number of hydrogen-bond donors (Lipinski definition) is 2. The van der Waals surface area contributed by atoms with E-state index in [1.165, 1.54) is 12.1 Å². The van der Waals surface area contributed by atoms with Crippen LogP contribution in [0.4, 0.5) is 4.39 Å². The summed E-state index contributed by atoms with van der Waals surface area (Å²) in [6.07, 6.45) is 0.0159. The molecule has 3 nitrogen and oxygen atoms in total. The van der Waals surface area contributed by atoms with Gasteiger partial charge in [-0.1, -0.05) is 18.2 Å². The Morgan fingerprint density at radius 2 is 2.15 bits per heavy atom. The monoisotopic (exact) mass is 182 g/mol. The molecule has 0 aliphatic heterocycles. The quantitative estimate of drug-likeness (QED) is 0.726. The number of halogens is 1. The minimum Gasteiger partial charge on any atom is -0.480 e. The van der Waals surface area contributed by atoms with Crippen molar-refractivity contribution in [1.82, 2.24) is 0 Å². The zero-order chi connectivity index (χ0) is 9.84. The summed E-state index contributed by atoms with van der Waals surface area (Å²) in [5.41, 5.74) is 5.58. The largest absolute Gasteiger partial charge is 0.480 e. The number of carboxylic acid groups (broad SMARTS) is 1. The second-order valence-corrected chi connectivity index (χ2v) is 2.74. The Morgan fingerprint density at radius 3 is 2.69 bits per heavy atom. The molecule has 1 atom stereocenters. The molecule has 13 heavy (non-hydrogen) atoms. The SMILES string of the molecule is N[C@@H](Cc1ccccc1[18F])C(=O)O. The summed E-state index contributed by atoms with van der Waals surface area (Å²) in [7, 11) is 0. The zero-order valence-electron chi connectivity index (χ0n) is 6.90. The normalized spacial score (nSPS) is 12.5. The second kappa shape index (κ2) is 4.00. The number of carbonyl (C=O) groups is 1. The van der Waals surface area contributed by atoms with E-state index in [-0.39, 0.29) is 6.42 Å². The van der Waals surface area contributed by atoms with Crippen molar-refractivity contribution in [2.75, 3.05) is 0 Å². The van der Waals surface area contributed by atoms with Crippen molar-refractivity contribution in [3.05, 3.63) is 35.6 Å². The predicted octanol–water partition coefficient (Wildman–Crippen LogP) is 0.780. The summed E-state index contributed by atoms with van der Waals surface area (Å²) in [6.45, 7) is 0. The topological polar surface area (TPSA) is 63.3 Å². The molecule has 0 aromatic heterocycles. The molecule has 0 heterocycles. The van der Waals surface area contributed by atoms with Gasteiger partial charge in [-0.15, -0.1) is 0 Å². The van der Waals surface area contributed by atoms with Crippen LogP contribution in [0.25, 0.3) is 0 Å². The maximum Gasteiger partial charge on any atom is 0.320 e. The van der Waals surface area contributed by atoms with Crippen LogP contribution in [-0.2, 0) is 11.2 Å². The van der Waals surface area contributed by atoms with Crippen LogP contribution < -0.4 is 5.73 Å². The van der Waals surface area contributed by atoms with Gasteiger partial charge in [0.1, 0.15) is 11.9 Å². The molecule has 1 aromatic rings. The Labute approximate surface area is 75.0 Å². The Morgan fingerprint density at radius 1 is 1.54 bits per heavy atom. The van der Waals surface area contributed by atoms with E-state index in [4.69, 9.17) is 10.8 Å². The van der Waals surface area contributed by atoms with Crippen molar-refractivity contribution >= 4 is 5.97 Å². The fraction of sp³-hybridized carbons (Fsp3) is 0.222. The van der Waals surface area contributed by atoms with Crippen LogP contribution in [0.1, 0.15) is 5.56 Å². The molecular formula is C9H10FNO2. The number of rotatable bonds is 3. The summed E-state index contributed by atoms with van der Waals surface area (Å²) in [6, 6.07) is 4.96. The molecule has 70 valence electrons. The van der Waals surface area contributed by atoms with E-state index in [0.29, 0.717) is 5.56 Å². The maximum absolute atomic E-state index is 13.0. The van der Waals surface area contributed by atoms with E-state index < -0.39 is 17.8 Å². The van der Waals surface area contributed by atoms with Gasteiger partial charge >= 0.3 is 5.97 Å². The lowest BCUT2D eigenvalue weighted by Crippen LogP contribution is -2.32. The first kappa shape index (κ1) is 9.67. The lowest BCUT2D eigenvalue weighted by molar-refractivity contribution is -0.138. The highest BCUT2D eigenvalue weighted by molar-refractivity contribution is 5.73. The van der Waals surface area contributed by atoms with Gasteiger partial charge in [-0.25, -0.2) is 4.39 Å². The van der Waals surface area contributed by atoms with E-state index in [2.05, 4.69) is 0 Å². The van der Waals surface area contributed by atoms with Crippen LogP contribution in [0.3, 0.4) is 0 Å².